The first-order chi connectivity index (χ1) is 5.83. The quantitative estimate of drug-likeness (QED) is 0.636. The average Bonchev–Trinajstić information content (AvgIpc) is 2.16. The summed E-state index contributed by atoms with van der Waals surface area (Å²) in [5.41, 5.74) is 0.854. The first-order valence-corrected chi connectivity index (χ1v) is 4.62. The van der Waals surface area contributed by atoms with Crippen molar-refractivity contribution in [3.63, 3.8) is 0 Å². The smallest absolute Gasteiger partial charge is 0.152 e. The molecule has 0 aromatic heterocycles. The van der Waals surface area contributed by atoms with E-state index in [0.29, 0.717) is 13.0 Å². The van der Waals surface area contributed by atoms with Crippen molar-refractivity contribution in [2.45, 2.75) is 31.3 Å². The van der Waals surface area contributed by atoms with E-state index < -0.39 is 5.60 Å². The molecule has 0 saturated carbocycles. The molecule has 0 amide bonds. The Balaban J connectivity index is 2.53. The van der Waals surface area contributed by atoms with Gasteiger partial charge in [0.25, 0.3) is 0 Å². The highest BCUT2D eigenvalue weighted by atomic mass is 35.5. The number of ether oxygens (including phenoxy) is 1. The molecule has 0 radical (unpaired) electrons. The van der Waals surface area contributed by atoms with Gasteiger partial charge in [-0.05, 0) is 19.3 Å². The lowest BCUT2D eigenvalue weighted by atomic mass is 9.92. The largest absolute Gasteiger partial charge is 0.367 e. The molecule has 2 nitrogen and oxygen atoms in total. The Morgan fingerprint density at radius 3 is 2.83 bits per heavy atom. The molecule has 0 N–H and O–H groups in total. The molecule has 1 aliphatic heterocycles. The highest BCUT2D eigenvalue weighted by Gasteiger charge is 2.31. The van der Waals surface area contributed by atoms with Crippen LogP contribution in [0.3, 0.4) is 0 Å². The summed E-state index contributed by atoms with van der Waals surface area (Å²) in [5, 5.41) is 0. The Bertz CT molecular complexity index is 171. The second-order valence-corrected chi connectivity index (χ2v) is 3.31. The maximum Gasteiger partial charge on any atom is 0.152 e. The van der Waals surface area contributed by atoms with E-state index in [1.807, 2.05) is 0 Å². The van der Waals surface area contributed by atoms with E-state index in [1.54, 1.807) is 6.08 Å². The van der Waals surface area contributed by atoms with Gasteiger partial charge >= 0.3 is 0 Å². The van der Waals surface area contributed by atoms with Gasteiger partial charge in [-0.2, -0.15) is 0 Å². The fraction of sp³-hybridized carbons (Fsp3) is 0.667. The predicted molar refractivity (Wildman–Crippen MR) is 48.2 cm³/mol. The van der Waals surface area contributed by atoms with Gasteiger partial charge in [0.15, 0.2) is 6.29 Å². The third-order valence-corrected chi connectivity index (χ3v) is 2.33. The van der Waals surface area contributed by atoms with Crippen LogP contribution in [0.5, 0.6) is 0 Å². The average molecular weight is 189 g/mol. The minimum atomic E-state index is -0.580. The van der Waals surface area contributed by atoms with Crippen LogP contribution >= 0.6 is 11.6 Å². The Morgan fingerprint density at radius 2 is 2.33 bits per heavy atom. The zero-order chi connectivity index (χ0) is 8.86. The normalized spacial score (nSPS) is 30.8. The van der Waals surface area contributed by atoms with Gasteiger partial charge in [0.2, 0.25) is 0 Å². The van der Waals surface area contributed by atoms with Crippen LogP contribution in [0.1, 0.15) is 25.7 Å². The van der Waals surface area contributed by atoms with Crippen LogP contribution in [-0.2, 0) is 9.53 Å². The zero-order valence-corrected chi connectivity index (χ0v) is 7.72. The van der Waals surface area contributed by atoms with Crippen molar-refractivity contribution in [1.29, 1.82) is 0 Å². The Labute approximate surface area is 77.5 Å². The molecule has 1 aliphatic rings. The van der Waals surface area contributed by atoms with Gasteiger partial charge in [0.05, 0.1) is 0 Å². The molecule has 0 spiro atoms. The van der Waals surface area contributed by atoms with Crippen molar-refractivity contribution < 1.29 is 9.53 Å². The minimum absolute atomic E-state index is 0.580. The summed E-state index contributed by atoms with van der Waals surface area (Å²) in [6.07, 6.45) is 6.21. The summed E-state index contributed by atoms with van der Waals surface area (Å²) in [4.78, 5) is 10.8. The van der Waals surface area contributed by atoms with Crippen LogP contribution in [0.2, 0.25) is 0 Å². The molecule has 1 atom stereocenters. The second kappa shape index (κ2) is 4.63. The van der Waals surface area contributed by atoms with Gasteiger partial charge in [-0.25, -0.2) is 0 Å². The molecule has 1 rings (SSSR count). The number of aldehydes is 1. The summed E-state index contributed by atoms with van der Waals surface area (Å²) in [7, 11) is 0. The van der Waals surface area contributed by atoms with Crippen LogP contribution in [0, 0.1) is 0 Å². The van der Waals surface area contributed by atoms with Gasteiger partial charge in [-0.15, -0.1) is 0 Å². The molecule has 0 aromatic carbocycles. The van der Waals surface area contributed by atoms with E-state index in [9.17, 15) is 4.79 Å². The minimum Gasteiger partial charge on any atom is -0.367 e. The molecule has 68 valence electrons. The van der Waals surface area contributed by atoms with E-state index in [0.717, 1.165) is 25.5 Å². The summed E-state index contributed by atoms with van der Waals surface area (Å²) >= 11 is 5.39. The van der Waals surface area contributed by atoms with Crippen LogP contribution in [0.4, 0.5) is 0 Å². The predicted octanol–water partition coefficient (Wildman–Crippen LogP) is 2.27. The van der Waals surface area contributed by atoms with Crippen LogP contribution in [0.25, 0.3) is 0 Å². The number of carbonyl (C=O) groups excluding carboxylic acids is 1. The molecular weight excluding hydrogens is 176 g/mol. The summed E-state index contributed by atoms with van der Waals surface area (Å²) in [6, 6.07) is 0. The molecule has 3 heteroatoms. The first-order valence-electron chi connectivity index (χ1n) is 4.18. The van der Waals surface area contributed by atoms with E-state index in [2.05, 4.69) is 0 Å². The van der Waals surface area contributed by atoms with Gasteiger partial charge in [0, 0.05) is 18.6 Å². The van der Waals surface area contributed by atoms with Crippen molar-refractivity contribution in [3.05, 3.63) is 11.6 Å². The SMILES string of the molecule is O=CC1(C/C=C/Cl)CCCCO1. The van der Waals surface area contributed by atoms with Crippen molar-refractivity contribution in [2.75, 3.05) is 6.61 Å². The van der Waals surface area contributed by atoms with E-state index in [1.165, 1.54) is 5.54 Å². The fourth-order valence-electron chi connectivity index (χ4n) is 1.42. The van der Waals surface area contributed by atoms with Crippen LogP contribution in [-0.4, -0.2) is 18.5 Å². The standard InChI is InChI=1S/C9H13ClO2/c10-6-3-5-9(8-11)4-1-2-7-12-9/h3,6,8H,1-2,4-5,7H2/b6-3+. The molecule has 1 heterocycles. The topological polar surface area (TPSA) is 26.3 Å². The maximum atomic E-state index is 10.8. The number of hydrogen-bond donors (Lipinski definition) is 0. The highest BCUT2D eigenvalue weighted by molar-refractivity contribution is 6.25. The van der Waals surface area contributed by atoms with Gasteiger partial charge in [-0.1, -0.05) is 17.7 Å². The monoisotopic (exact) mass is 188 g/mol. The third-order valence-electron chi connectivity index (χ3n) is 2.15. The highest BCUT2D eigenvalue weighted by Crippen LogP contribution is 2.26. The lowest BCUT2D eigenvalue weighted by molar-refractivity contribution is -0.137. The van der Waals surface area contributed by atoms with Gasteiger partial charge in [-0.3, -0.25) is 0 Å². The van der Waals surface area contributed by atoms with Crippen molar-refractivity contribution in [1.82, 2.24) is 0 Å². The summed E-state index contributed by atoms with van der Waals surface area (Å²) < 4.78 is 5.44. The van der Waals surface area contributed by atoms with Gasteiger partial charge < -0.3 is 9.53 Å². The molecule has 0 aromatic rings. The molecule has 12 heavy (non-hydrogen) atoms. The lowest BCUT2D eigenvalue weighted by Crippen LogP contribution is -2.37. The van der Waals surface area contributed by atoms with Gasteiger partial charge in [0.1, 0.15) is 5.60 Å². The maximum absolute atomic E-state index is 10.8. The zero-order valence-electron chi connectivity index (χ0n) is 6.96. The molecular formula is C9H13ClO2. The lowest BCUT2D eigenvalue weighted by Gasteiger charge is -2.31. The molecule has 1 saturated heterocycles. The first kappa shape index (κ1) is 9.75. The summed E-state index contributed by atoms with van der Waals surface area (Å²) in [5.74, 6) is 0. The Hall–Kier alpha value is -0.340. The molecule has 0 bridgehead atoms. The fourth-order valence-corrected chi connectivity index (χ4v) is 1.51. The number of rotatable bonds is 3. The Kier molecular flexibility index (Phi) is 3.76. The van der Waals surface area contributed by atoms with E-state index in [-0.39, 0.29) is 0 Å². The second-order valence-electron chi connectivity index (χ2n) is 3.05. The summed E-state index contributed by atoms with van der Waals surface area (Å²) in [6.45, 7) is 0.689. The third kappa shape index (κ3) is 2.32. The van der Waals surface area contributed by atoms with Crippen LogP contribution in [0.15, 0.2) is 11.6 Å². The van der Waals surface area contributed by atoms with E-state index in [4.69, 9.17) is 16.3 Å². The Morgan fingerprint density at radius 1 is 1.50 bits per heavy atom. The molecule has 0 aliphatic carbocycles. The van der Waals surface area contributed by atoms with Crippen molar-refractivity contribution in [3.8, 4) is 0 Å². The number of hydrogen-bond acceptors (Lipinski definition) is 2. The number of carbonyl (C=O) groups is 1. The van der Waals surface area contributed by atoms with Crippen molar-refractivity contribution >= 4 is 17.9 Å². The van der Waals surface area contributed by atoms with Crippen LogP contribution < -0.4 is 0 Å². The number of halogens is 1. The molecule has 1 fully saturated rings. The van der Waals surface area contributed by atoms with Crippen molar-refractivity contribution in [2.24, 2.45) is 0 Å². The van der Waals surface area contributed by atoms with E-state index >= 15 is 0 Å². The molecule has 1 unspecified atom stereocenters.